The topological polar surface area (TPSA) is 56.7 Å². The van der Waals surface area contributed by atoms with Gasteiger partial charge < -0.3 is 8.98 Å². The molecule has 0 spiro atoms. The Hall–Kier alpha value is -6.63. The fraction of sp³-hybridized carbons (Fsp3) is 0. The summed E-state index contributed by atoms with van der Waals surface area (Å²) in [6.45, 7) is 0. The molecule has 4 heterocycles. The van der Waals surface area contributed by atoms with Gasteiger partial charge in [0.25, 0.3) is 0 Å². The van der Waals surface area contributed by atoms with Crippen molar-refractivity contribution in [2.75, 3.05) is 0 Å². The zero-order chi connectivity index (χ0) is 37.8. The molecular formula is C45H26N4OS. The quantitative estimate of drug-likeness (QED) is 0.186. The first kappa shape index (κ1) is 23.7. The molecule has 6 heteroatoms. The molecule has 0 aliphatic heterocycles. The van der Waals surface area contributed by atoms with Crippen LogP contribution in [0, 0.1) is 0 Å². The second-order valence-corrected chi connectivity index (χ2v) is 13.4. The molecule has 4 aromatic heterocycles. The molecule has 0 atom stereocenters. The van der Waals surface area contributed by atoms with Gasteiger partial charge in [-0.2, -0.15) is 0 Å². The highest BCUT2D eigenvalue weighted by atomic mass is 32.1. The van der Waals surface area contributed by atoms with Crippen LogP contribution in [0.2, 0.25) is 0 Å². The Kier molecular flexibility index (Phi) is 5.08. The van der Waals surface area contributed by atoms with Gasteiger partial charge in [0.05, 0.1) is 23.6 Å². The summed E-state index contributed by atoms with van der Waals surface area (Å²) in [5.41, 5.74) is 5.95. The van der Waals surface area contributed by atoms with E-state index in [1.54, 1.807) is 11.3 Å². The Bertz CT molecular complexity index is 3380. The number of thiophene rings is 1. The van der Waals surface area contributed by atoms with E-state index in [-0.39, 0.29) is 29.3 Å². The van der Waals surface area contributed by atoms with Gasteiger partial charge in [0.1, 0.15) is 11.2 Å². The van der Waals surface area contributed by atoms with Crippen LogP contribution in [0.4, 0.5) is 0 Å². The first-order valence-electron chi connectivity index (χ1n) is 19.0. The van der Waals surface area contributed by atoms with Gasteiger partial charge in [-0.05, 0) is 42.5 Å². The third kappa shape index (κ3) is 4.24. The van der Waals surface area contributed by atoms with Crippen molar-refractivity contribution < 1.29 is 11.3 Å². The minimum absolute atomic E-state index is 0.0177. The summed E-state index contributed by atoms with van der Waals surface area (Å²) in [5, 5.41) is 6.17. The van der Waals surface area contributed by atoms with Crippen LogP contribution in [0.25, 0.3) is 104 Å². The number of rotatable bonds is 4. The van der Waals surface area contributed by atoms with Crippen molar-refractivity contribution >= 4 is 75.3 Å². The summed E-state index contributed by atoms with van der Waals surface area (Å²) in [6, 6.07) is 40.6. The molecule has 11 aromatic rings. The average Bonchev–Trinajstić information content (AvgIpc) is 3.92. The second kappa shape index (κ2) is 10.9. The van der Waals surface area contributed by atoms with Crippen LogP contribution in [-0.2, 0) is 0 Å². The van der Waals surface area contributed by atoms with Crippen LogP contribution >= 0.6 is 11.3 Å². The number of nitrogens with zero attached hydrogens (tertiary/aromatic N) is 4. The normalized spacial score (nSPS) is 13.3. The molecule has 11 rings (SSSR count). The maximum Gasteiger partial charge on any atom is 0.165 e. The number of benzene rings is 7. The third-order valence-corrected chi connectivity index (χ3v) is 10.8. The summed E-state index contributed by atoms with van der Waals surface area (Å²) in [6.07, 6.45) is 0. The molecule has 5 nitrogen and oxygen atoms in total. The van der Waals surface area contributed by atoms with E-state index in [4.69, 9.17) is 26.2 Å². The fourth-order valence-electron chi connectivity index (χ4n) is 7.43. The lowest BCUT2D eigenvalue weighted by Gasteiger charge is -2.11. The molecule has 0 amide bonds. The van der Waals surface area contributed by atoms with Crippen molar-refractivity contribution in [3.8, 4) is 39.9 Å². The van der Waals surface area contributed by atoms with Gasteiger partial charge in [-0.3, -0.25) is 0 Å². The number of furan rings is 1. The number of para-hydroxylation sites is 3. The van der Waals surface area contributed by atoms with Crippen molar-refractivity contribution in [2.45, 2.75) is 0 Å². The van der Waals surface area contributed by atoms with Gasteiger partial charge in [-0.15, -0.1) is 11.3 Å². The molecule has 7 aromatic carbocycles. The van der Waals surface area contributed by atoms with E-state index in [2.05, 4.69) is 77.4 Å². The maximum atomic E-state index is 8.86. The number of hydrogen-bond donors (Lipinski definition) is 0. The van der Waals surface area contributed by atoms with Gasteiger partial charge in [-0.25, -0.2) is 15.0 Å². The van der Waals surface area contributed by atoms with E-state index < -0.39 is 18.1 Å². The van der Waals surface area contributed by atoms with Crippen molar-refractivity contribution in [1.29, 1.82) is 0 Å². The smallest absolute Gasteiger partial charge is 0.165 e. The van der Waals surface area contributed by atoms with Gasteiger partial charge in [0.2, 0.25) is 0 Å². The van der Waals surface area contributed by atoms with Gasteiger partial charge >= 0.3 is 0 Å². The molecule has 0 aliphatic carbocycles. The predicted molar refractivity (Wildman–Crippen MR) is 211 cm³/mol. The zero-order valence-electron chi connectivity index (χ0n) is 31.7. The first-order chi connectivity index (χ1) is 27.4. The second-order valence-electron chi connectivity index (χ2n) is 12.4. The van der Waals surface area contributed by atoms with Gasteiger partial charge in [0.15, 0.2) is 17.5 Å². The number of hydrogen-bond acceptors (Lipinski definition) is 5. The highest BCUT2D eigenvalue weighted by Gasteiger charge is 2.21. The Balaban J connectivity index is 1.21. The minimum atomic E-state index is -0.484. The first-order valence-corrected chi connectivity index (χ1v) is 17.4. The number of aromatic nitrogens is 4. The highest BCUT2D eigenvalue weighted by Crippen LogP contribution is 2.44. The van der Waals surface area contributed by atoms with E-state index in [9.17, 15) is 0 Å². The van der Waals surface area contributed by atoms with Crippen LogP contribution in [-0.4, -0.2) is 19.5 Å². The molecule has 51 heavy (non-hydrogen) atoms. The van der Waals surface area contributed by atoms with E-state index in [1.807, 2.05) is 54.6 Å². The van der Waals surface area contributed by atoms with Crippen molar-refractivity contribution in [3.63, 3.8) is 0 Å². The Morgan fingerprint density at radius 3 is 1.92 bits per heavy atom. The molecule has 0 bridgehead atoms. The summed E-state index contributed by atoms with van der Waals surface area (Å²) < 4.78 is 53.5. The summed E-state index contributed by atoms with van der Waals surface area (Å²) in [4.78, 5) is 14.9. The minimum Gasteiger partial charge on any atom is -0.456 e. The van der Waals surface area contributed by atoms with Crippen molar-refractivity contribution in [3.05, 3.63) is 158 Å². The largest absolute Gasteiger partial charge is 0.456 e. The van der Waals surface area contributed by atoms with Crippen molar-refractivity contribution in [2.24, 2.45) is 0 Å². The molecule has 0 radical (unpaired) electrons. The van der Waals surface area contributed by atoms with E-state index >= 15 is 0 Å². The lowest BCUT2D eigenvalue weighted by molar-refractivity contribution is 0.669. The average molecular weight is 676 g/mol. The van der Waals surface area contributed by atoms with Crippen LogP contribution in [0.3, 0.4) is 0 Å². The summed E-state index contributed by atoms with van der Waals surface area (Å²) in [7, 11) is 0. The molecule has 238 valence electrons. The van der Waals surface area contributed by atoms with E-state index in [0.29, 0.717) is 22.6 Å². The third-order valence-electron chi connectivity index (χ3n) is 9.56. The van der Waals surface area contributed by atoms with Crippen LogP contribution in [0.15, 0.2) is 162 Å². The van der Waals surface area contributed by atoms with Crippen LogP contribution in [0.5, 0.6) is 0 Å². The summed E-state index contributed by atoms with van der Waals surface area (Å²) in [5.74, 6) is 0.589. The lowest BCUT2D eigenvalue weighted by atomic mass is 10.0. The molecule has 0 saturated carbocycles. The van der Waals surface area contributed by atoms with Crippen LogP contribution in [0.1, 0.15) is 6.85 Å². The Morgan fingerprint density at radius 1 is 0.510 bits per heavy atom. The predicted octanol–water partition coefficient (Wildman–Crippen LogP) is 12.2. The van der Waals surface area contributed by atoms with Crippen molar-refractivity contribution in [1.82, 2.24) is 19.5 Å². The SMILES string of the molecule is [2H]c1c([2H])c([2H])c(-c2nc(-c3cccc4c3sc3cccc(-n5c6ccccc6c6ccccc65)c34)nc(-c3cccc4oc5ccccc5c34)n2)c([2H])c1[2H]. The monoisotopic (exact) mass is 675 g/mol. The van der Waals surface area contributed by atoms with E-state index in [0.717, 1.165) is 53.2 Å². The Morgan fingerprint density at radius 2 is 1.12 bits per heavy atom. The van der Waals surface area contributed by atoms with Crippen LogP contribution < -0.4 is 0 Å². The van der Waals surface area contributed by atoms with E-state index in [1.165, 1.54) is 10.8 Å². The standard InChI is InChI=1S/C45H26N4OS/c1-2-13-27(14-3-1)43-46-44(32-19-11-25-38-40(32)30-17-6-9-24-37(30)50-38)48-45(47-43)33-20-10-18-31-41-36(23-12-26-39(41)51-42(31)33)49-34-21-7-4-15-28(34)29-16-5-8-22-35(29)49/h1-26H/i1D,2D,3D,13D,14D. The summed E-state index contributed by atoms with van der Waals surface area (Å²) >= 11 is 1.64. The molecule has 0 unspecified atom stereocenters. The molecule has 0 saturated heterocycles. The molecule has 0 N–H and O–H groups in total. The lowest BCUT2D eigenvalue weighted by Crippen LogP contribution is -2.00. The van der Waals surface area contributed by atoms with Gasteiger partial charge in [0, 0.05) is 58.4 Å². The molecule has 0 aliphatic rings. The van der Waals surface area contributed by atoms with Gasteiger partial charge in [-0.1, -0.05) is 115 Å². The maximum absolute atomic E-state index is 8.86. The number of fused-ring (bicyclic) bond motifs is 9. The highest BCUT2D eigenvalue weighted by molar-refractivity contribution is 7.26. The molecule has 0 fully saturated rings. The fourth-order valence-corrected chi connectivity index (χ4v) is 8.66. The zero-order valence-corrected chi connectivity index (χ0v) is 27.5. The Labute approximate surface area is 302 Å². The molecular weight excluding hydrogens is 645 g/mol.